The molecule has 2 nitrogen and oxygen atoms in total. The van der Waals surface area contributed by atoms with Gasteiger partial charge in [0, 0.05) is 16.5 Å². The maximum Gasteiger partial charge on any atom is 0.0633 e. The van der Waals surface area contributed by atoms with Crippen molar-refractivity contribution >= 4 is 22.8 Å². The molecule has 0 spiro atoms. The summed E-state index contributed by atoms with van der Waals surface area (Å²) in [5.41, 5.74) is 4.50. The monoisotopic (exact) mass is 757 g/mol. The summed E-state index contributed by atoms with van der Waals surface area (Å²) in [5, 5.41) is 0. The van der Waals surface area contributed by atoms with E-state index in [9.17, 15) is 0 Å². The second-order valence-electron chi connectivity index (χ2n) is 15.5. The molecular formula is C49H82N2Ni. The fourth-order valence-corrected chi connectivity index (χ4v) is 7.35. The molecule has 52 heavy (non-hydrogen) atoms. The van der Waals surface area contributed by atoms with Crippen LogP contribution in [0, 0.1) is 0 Å². The maximum absolute atomic E-state index is 5.20. The van der Waals surface area contributed by atoms with Gasteiger partial charge in [0.25, 0.3) is 0 Å². The number of hydrogen-bond donors (Lipinski definition) is 0. The van der Waals surface area contributed by atoms with Gasteiger partial charge in [0.05, 0.1) is 22.8 Å². The van der Waals surface area contributed by atoms with Crippen molar-refractivity contribution in [3.63, 3.8) is 0 Å². The minimum atomic E-state index is 0. The molecule has 0 N–H and O–H groups in total. The smallest absolute Gasteiger partial charge is 0.0633 e. The van der Waals surface area contributed by atoms with Crippen molar-refractivity contribution in [1.82, 2.24) is 0 Å². The van der Waals surface area contributed by atoms with Gasteiger partial charge in [0.15, 0.2) is 0 Å². The summed E-state index contributed by atoms with van der Waals surface area (Å²) in [6, 6.07) is 21.1. The Morgan fingerprint density at radius 3 is 0.750 bits per heavy atom. The quantitative estimate of drug-likeness (QED) is 0.0376. The van der Waals surface area contributed by atoms with Crippen LogP contribution in [0.5, 0.6) is 0 Å². The van der Waals surface area contributed by atoms with E-state index in [0.717, 1.165) is 24.2 Å². The van der Waals surface area contributed by atoms with E-state index in [0.29, 0.717) is 0 Å². The van der Waals surface area contributed by atoms with Gasteiger partial charge in [-0.1, -0.05) is 236 Å². The van der Waals surface area contributed by atoms with Crippen molar-refractivity contribution in [2.45, 2.75) is 226 Å². The van der Waals surface area contributed by atoms with Crippen molar-refractivity contribution in [1.29, 1.82) is 0 Å². The standard InChI is InChI=1S/C49H82N2.Ni/c1-3-5-7-9-11-12-13-14-15-16-17-18-19-20-21-22-23-24-25-26-27-28-29-31-39-45-49(51-47-42-36-33-37-43-47)48(44-38-30-10-8-6-4-2)50-46-40-34-32-35-41-46;/h32-37,40-43H,3-31,38-39,44-45H2,1-2H3;. The first-order valence-corrected chi connectivity index (χ1v) is 22.6. The summed E-state index contributed by atoms with van der Waals surface area (Å²) >= 11 is 0. The van der Waals surface area contributed by atoms with Crippen LogP contribution in [-0.2, 0) is 16.5 Å². The van der Waals surface area contributed by atoms with Crippen molar-refractivity contribution in [3.05, 3.63) is 60.7 Å². The van der Waals surface area contributed by atoms with Gasteiger partial charge >= 0.3 is 0 Å². The zero-order valence-electron chi connectivity index (χ0n) is 34.3. The average molecular weight is 758 g/mol. The largest absolute Gasteiger partial charge is 0.252 e. The van der Waals surface area contributed by atoms with Crippen molar-refractivity contribution < 1.29 is 16.5 Å². The molecule has 2 aromatic carbocycles. The second kappa shape index (κ2) is 37.6. The number of unbranched alkanes of at least 4 members (excludes halogenated alkanes) is 29. The van der Waals surface area contributed by atoms with Crippen LogP contribution < -0.4 is 0 Å². The average Bonchev–Trinajstić information content (AvgIpc) is 3.16. The molecule has 2 aromatic rings. The van der Waals surface area contributed by atoms with Gasteiger partial charge in [0.2, 0.25) is 0 Å². The van der Waals surface area contributed by atoms with Crippen LogP contribution in [0.25, 0.3) is 0 Å². The molecule has 0 fully saturated rings. The normalized spacial score (nSPS) is 12.0. The van der Waals surface area contributed by atoms with E-state index in [-0.39, 0.29) is 16.5 Å². The molecule has 0 aliphatic heterocycles. The first kappa shape index (κ1) is 48.3. The number of rotatable bonds is 36. The summed E-state index contributed by atoms with van der Waals surface area (Å²) in [6.45, 7) is 4.60. The molecule has 0 heterocycles. The topological polar surface area (TPSA) is 24.7 Å². The van der Waals surface area contributed by atoms with Crippen molar-refractivity contribution in [2.24, 2.45) is 9.98 Å². The molecule has 0 unspecified atom stereocenters. The molecule has 0 aromatic heterocycles. The first-order valence-electron chi connectivity index (χ1n) is 22.6. The minimum Gasteiger partial charge on any atom is -0.252 e. The molecule has 0 aliphatic carbocycles. The Bertz CT molecular complexity index is 1060. The zero-order valence-corrected chi connectivity index (χ0v) is 35.3. The Kier molecular flexibility index (Phi) is 34.9. The maximum atomic E-state index is 5.20. The predicted molar refractivity (Wildman–Crippen MR) is 231 cm³/mol. The van der Waals surface area contributed by atoms with Gasteiger partial charge in [-0.25, -0.2) is 0 Å². The third-order valence-corrected chi connectivity index (χ3v) is 10.7. The number of hydrogen-bond acceptors (Lipinski definition) is 2. The zero-order chi connectivity index (χ0) is 36.1. The van der Waals surface area contributed by atoms with Gasteiger partial charge in [-0.2, -0.15) is 0 Å². The summed E-state index contributed by atoms with van der Waals surface area (Å²) in [4.78, 5) is 10.4. The Balaban J connectivity index is 0.0000135. The van der Waals surface area contributed by atoms with Gasteiger partial charge in [-0.05, 0) is 49.9 Å². The second-order valence-corrected chi connectivity index (χ2v) is 15.5. The molecule has 0 aliphatic rings. The van der Waals surface area contributed by atoms with Crippen molar-refractivity contribution in [2.75, 3.05) is 0 Å². The van der Waals surface area contributed by atoms with E-state index < -0.39 is 0 Å². The summed E-state index contributed by atoms with van der Waals surface area (Å²) in [6.07, 6.45) is 45.6. The van der Waals surface area contributed by atoms with E-state index in [1.54, 1.807) is 0 Å². The van der Waals surface area contributed by atoms with Crippen LogP contribution in [-0.4, -0.2) is 11.4 Å². The molecule has 0 atom stereocenters. The summed E-state index contributed by atoms with van der Waals surface area (Å²) < 4.78 is 0. The SMILES string of the molecule is CCCCCCCCCCCCCCCCCCCCCCCCCCCC(=Nc1ccccc1)C(CCCCCCCC)=Nc1ccccc1.[Ni]. The third-order valence-electron chi connectivity index (χ3n) is 10.7. The van der Waals surface area contributed by atoms with E-state index in [1.165, 1.54) is 210 Å². The molecule has 2 rings (SSSR count). The van der Waals surface area contributed by atoms with Crippen LogP contribution in [0.15, 0.2) is 70.6 Å². The number of benzene rings is 2. The molecule has 0 radical (unpaired) electrons. The predicted octanol–water partition coefficient (Wildman–Crippen LogP) is 17.4. The first-order chi connectivity index (χ1) is 25.3. The third kappa shape index (κ3) is 28.7. The van der Waals surface area contributed by atoms with Crippen LogP contribution >= 0.6 is 0 Å². The van der Waals surface area contributed by atoms with E-state index >= 15 is 0 Å². The van der Waals surface area contributed by atoms with Gasteiger partial charge in [0.1, 0.15) is 0 Å². The number of aliphatic imine (C=N–C) groups is 2. The molecule has 0 bridgehead atoms. The Morgan fingerprint density at radius 2 is 0.519 bits per heavy atom. The summed E-state index contributed by atoms with van der Waals surface area (Å²) in [7, 11) is 0. The molecule has 298 valence electrons. The van der Waals surface area contributed by atoms with Crippen LogP contribution in [0.3, 0.4) is 0 Å². The number of nitrogens with zero attached hydrogens (tertiary/aromatic N) is 2. The van der Waals surface area contributed by atoms with Crippen molar-refractivity contribution in [3.8, 4) is 0 Å². The molecular weight excluding hydrogens is 675 g/mol. The van der Waals surface area contributed by atoms with E-state index in [2.05, 4.69) is 74.5 Å². The Hall–Kier alpha value is -1.73. The van der Waals surface area contributed by atoms with Crippen LogP contribution in [0.2, 0.25) is 0 Å². The van der Waals surface area contributed by atoms with Gasteiger partial charge in [-0.3, -0.25) is 9.98 Å². The minimum absolute atomic E-state index is 0. The fourth-order valence-electron chi connectivity index (χ4n) is 7.35. The Labute approximate surface area is 334 Å². The molecule has 0 saturated heterocycles. The fraction of sp³-hybridized carbons (Fsp3) is 0.714. The molecule has 3 heteroatoms. The van der Waals surface area contributed by atoms with E-state index in [4.69, 9.17) is 9.98 Å². The van der Waals surface area contributed by atoms with Crippen LogP contribution in [0.1, 0.15) is 226 Å². The Morgan fingerprint density at radius 1 is 0.308 bits per heavy atom. The number of para-hydroxylation sites is 2. The molecule has 0 amide bonds. The summed E-state index contributed by atoms with van der Waals surface area (Å²) in [5.74, 6) is 0. The van der Waals surface area contributed by atoms with Gasteiger partial charge in [-0.15, -0.1) is 0 Å². The van der Waals surface area contributed by atoms with Crippen LogP contribution in [0.4, 0.5) is 11.4 Å². The van der Waals surface area contributed by atoms with E-state index in [1.807, 2.05) is 0 Å². The van der Waals surface area contributed by atoms with Gasteiger partial charge < -0.3 is 0 Å². The molecule has 0 saturated carbocycles.